The van der Waals surface area contributed by atoms with Gasteiger partial charge < -0.3 is 15.6 Å². The van der Waals surface area contributed by atoms with Gasteiger partial charge in [-0.1, -0.05) is 30.3 Å². The Bertz CT molecular complexity index is 421. The molecule has 0 aliphatic carbocycles. The van der Waals surface area contributed by atoms with Gasteiger partial charge in [-0.2, -0.15) is 13.2 Å². The largest absolute Gasteiger partial charge is 0.468 e. The first-order valence-corrected chi connectivity index (χ1v) is 4.93. The molecule has 0 heterocycles. The van der Waals surface area contributed by atoms with Crippen LogP contribution in [0.25, 0.3) is 0 Å². The van der Waals surface area contributed by atoms with Crippen LogP contribution in [0.3, 0.4) is 0 Å². The summed E-state index contributed by atoms with van der Waals surface area (Å²) in [6, 6.07) is 3.90. The lowest BCUT2D eigenvalue weighted by Gasteiger charge is -2.34. The number of hydrogen-bond donors (Lipinski definition) is 2. The third kappa shape index (κ3) is 2.32. The number of halogens is 3. The van der Waals surface area contributed by atoms with Gasteiger partial charge >= 0.3 is 12.1 Å². The van der Waals surface area contributed by atoms with Crippen LogP contribution >= 0.6 is 0 Å². The molecule has 4 nitrogen and oxygen atoms in total. The number of carbonyl (C=O) groups is 1. The molecule has 0 amide bonds. The van der Waals surface area contributed by atoms with Gasteiger partial charge in [0.15, 0.2) is 0 Å². The first-order valence-electron chi connectivity index (χ1n) is 4.93. The van der Waals surface area contributed by atoms with Crippen LogP contribution in [0.1, 0.15) is 5.56 Å². The van der Waals surface area contributed by atoms with Crippen molar-refractivity contribution in [2.45, 2.75) is 17.8 Å². The average Bonchev–Trinajstić information content (AvgIpc) is 2.35. The van der Waals surface area contributed by atoms with E-state index in [9.17, 15) is 23.1 Å². The van der Waals surface area contributed by atoms with Crippen molar-refractivity contribution in [1.29, 1.82) is 0 Å². The Morgan fingerprint density at radius 3 is 2.22 bits per heavy atom. The van der Waals surface area contributed by atoms with Gasteiger partial charge in [0, 0.05) is 0 Å². The Kier molecular flexibility index (Phi) is 3.98. The Morgan fingerprint density at radius 1 is 1.33 bits per heavy atom. The van der Waals surface area contributed by atoms with Crippen molar-refractivity contribution in [2.75, 3.05) is 7.11 Å². The zero-order chi connectivity index (χ0) is 14.0. The van der Waals surface area contributed by atoms with Gasteiger partial charge in [-0.05, 0) is 5.56 Å². The maximum absolute atomic E-state index is 13.0. The summed E-state index contributed by atoms with van der Waals surface area (Å²) >= 11 is 0. The second-order valence-electron chi connectivity index (χ2n) is 3.63. The monoisotopic (exact) mass is 263 g/mol. The molecule has 0 aromatic heterocycles. The highest BCUT2D eigenvalue weighted by Gasteiger charge is 2.61. The van der Waals surface area contributed by atoms with Crippen molar-refractivity contribution < 1.29 is 27.8 Å². The number of rotatable bonds is 3. The van der Waals surface area contributed by atoms with Gasteiger partial charge in [0.1, 0.15) is 6.04 Å². The second kappa shape index (κ2) is 4.95. The molecule has 0 aliphatic rings. The van der Waals surface area contributed by atoms with Crippen molar-refractivity contribution in [2.24, 2.45) is 5.73 Å². The van der Waals surface area contributed by atoms with E-state index in [1.165, 1.54) is 18.2 Å². The average molecular weight is 263 g/mol. The molecule has 3 N–H and O–H groups in total. The molecule has 18 heavy (non-hydrogen) atoms. The smallest absolute Gasteiger partial charge is 0.423 e. The highest BCUT2D eigenvalue weighted by atomic mass is 19.4. The molecule has 0 saturated heterocycles. The van der Waals surface area contributed by atoms with E-state index in [1.807, 2.05) is 0 Å². The molecule has 7 heteroatoms. The quantitative estimate of drug-likeness (QED) is 0.796. The van der Waals surface area contributed by atoms with E-state index in [1.54, 1.807) is 0 Å². The van der Waals surface area contributed by atoms with E-state index in [4.69, 9.17) is 5.73 Å². The molecule has 0 aliphatic heterocycles. The van der Waals surface area contributed by atoms with Gasteiger partial charge in [-0.25, -0.2) is 0 Å². The zero-order valence-electron chi connectivity index (χ0n) is 9.44. The maximum Gasteiger partial charge on any atom is 0.423 e. The fourth-order valence-electron chi connectivity index (χ4n) is 1.51. The maximum atomic E-state index is 13.0. The Balaban J connectivity index is 3.33. The van der Waals surface area contributed by atoms with E-state index < -0.39 is 29.4 Å². The second-order valence-corrected chi connectivity index (χ2v) is 3.63. The number of esters is 1. The summed E-state index contributed by atoms with van der Waals surface area (Å²) in [6.07, 6.45) is -5.11. The standard InChI is InChI=1S/C11H12F3NO3/c1-18-9(16)8(15)10(17,11(12,13)14)7-5-3-2-4-6-7/h2-6,8,17H,15H2,1H3/t8-,10-/m0/s1. The summed E-state index contributed by atoms with van der Waals surface area (Å²) in [4.78, 5) is 11.2. The van der Waals surface area contributed by atoms with Crippen LogP contribution in [0.2, 0.25) is 0 Å². The number of alkyl halides is 3. The third-order valence-electron chi connectivity index (χ3n) is 2.55. The molecule has 1 aromatic rings. The fourth-order valence-corrected chi connectivity index (χ4v) is 1.51. The van der Waals surface area contributed by atoms with Crippen LogP contribution in [0, 0.1) is 0 Å². The molecule has 0 radical (unpaired) electrons. The SMILES string of the molecule is COC(=O)[C@H](N)[C@@](O)(c1ccccc1)C(F)(F)F. The fraction of sp³-hybridized carbons (Fsp3) is 0.364. The van der Waals surface area contributed by atoms with E-state index in [0.29, 0.717) is 0 Å². The predicted octanol–water partition coefficient (Wildman–Crippen LogP) is 0.937. The lowest BCUT2D eigenvalue weighted by atomic mass is 9.86. The molecule has 0 saturated carbocycles. The molecule has 1 aromatic carbocycles. The molecule has 0 fully saturated rings. The number of ether oxygens (including phenoxy) is 1. The van der Waals surface area contributed by atoms with Crippen molar-refractivity contribution in [3.63, 3.8) is 0 Å². The normalized spacial score (nSPS) is 16.8. The van der Waals surface area contributed by atoms with Crippen LogP contribution < -0.4 is 5.73 Å². The van der Waals surface area contributed by atoms with Crippen LogP contribution in [0.15, 0.2) is 30.3 Å². The summed E-state index contributed by atoms with van der Waals surface area (Å²) in [6.45, 7) is 0. The molecule has 0 spiro atoms. The molecular weight excluding hydrogens is 251 g/mol. The first kappa shape index (κ1) is 14.5. The van der Waals surface area contributed by atoms with Crippen LogP contribution in [-0.4, -0.2) is 30.4 Å². The highest BCUT2D eigenvalue weighted by Crippen LogP contribution is 2.41. The zero-order valence-corrected chi connectivity index (χ0v) is 9.44. The van der Waals surface area contributed by atoms with Gasteiger partial charge in [0.05, 0.1) is 7.11 Å². The number of hydrogen-bond acceptors (Lipinski definition) is 4. The molecule has 0 bridgehead atoms. The van der Waals surface area contributed by atoms with Crippen molar-refractivity contribution >= 4 is 5.97 Å². The summed E-state index contributed by atoms with van der Waals surface area (Å²) in [7, 11) is 0.893. The van der Waals surface area contributed by atoms with Crippen LogP contribution in [-0.2, 0) is 15.1 Å². The van der Waals surface area contributed by atoms with E-state index in [2.05, 4.69) is 4.74 Å². The predicted molar refractivity (Wildman–Crippen MR) is 56.4 cm³/mol. The number of nitrogens with two attached hydrogens (primary N) is 1. The minimum Gasteiger partial charge on any atom is -0.468 e. The third-order valence-corrected chi connectivity index (χ3v) is 2.55. The molecule has 1 rings (SSSR count). The molecule has 100 valence electrons. The topological polar surface area (TPSA) is 72.5 Å². The van der Waals surface area contributed by atoms with E-state index in [0.717, 1.165) is 19.2 Å². The minimum absolute atomic E-state index is 0.518. The lowest BCUT2D eigenvalue weighted by Crippen LogP contribution is -2.59. The van der Waals surface area contributed by atoms with Crippen molar-refractivity contribution in [3.8, 4) is 0 Å². The summed E-state index contributed by atoms with van der Waals surface area (Å²) < 4.78 is 43.1. The van der Waals surface area contributed by atoms with Crippen LogP contribution in [0.5, 0.6) is 0 Å². The Morgan fingerprint density at radius 2 is 1.83 bits per heavy atom. The summed E-state index contributed by atoms with van der Waals surface area (Å²) in [5.74, 6) is -1.35. The molecular formula is C11H12F3NO3. The van der Waals surface area contributed by atoms with Crippen molar-refractivity contribution in [1.82, 2.24) is 0 Å². The van der Waals surface area contributed by atoms with Gasteiger partial charge in [0.2, 0.25) is 5.60 Å². The van der Waals surface area contributed by atoms with Crippen molar-refractivity contribution in [3.05, 3.63) is 35.9 Å². The van der Waals surface area contributed by atoms with E-state index >= 15 is 0 Å². The number of aliphatic hydroxyl groups is 1. The van der Waals surface area contributed by atoms with E-state index in [-0.39, 0.29) is 0 Å². The Hall–Kier alpha value is -1.60. The number of methoxy groups -OCH3 is 1. The number of carbonyl (C=O) groups excluding carboxylic acids is 1. The number of benzene rings is 1. The molecule has 0 unspecified atom stereocenters. The highest BCUT2D eigenvalue weighted by molar-refractivity contribution is 5.77. The summed E-state index contributed by atoms with van der Waals surface area (Å²) in [5.41, 5.74) is 1.18. The lowest BCUT2D eigenvalue weighted by molar-refractivity contribution is -0.274. The van der Waals surface area contributed by atoms with Gasteiger partial charge in [-0.15, -0.1) is 0 Å². The first-order chi connectivity index (χ1) is 8.25. The van der Waals surface area contributed by atoms with Gasteiger partial charge in [0.25, 0.3) is 0 Å². The van der Waals surface area contributed by atoms with Crippen LogP contribution in [0.4, 0.5) is 13.2 Å². The minimum atomic E-state index is -5.11. The summed E-state index contributed by atoms with van der Waals surface area (Å²) in [5, 5.41) is 9.84. The Labute approximate surface area is 101 Å². The van der Waals surface area contributed by atoms with Gasteiger partial charge in [-0.3, -0.25) is 4.79 Å². The molecule has 2 atom stereocenters.